The Morgan fingerprint density at radius 1 is 1.44 bits per heavy atom. The fourth-order valence-corrected chi connectivity index (χ4v) is 0.581. The maximum Gasteiger partial charge on any atom is 0.104 e. The van der Waals surface area contributed by atoms with Gasteiger partial charge in [-0.25, -0.2) is 0 Å². The van der Waals surface area contributed by atoms with Gasteiger partial charge in [0.25, 0.3) is 0 Å². The first-order valence-electron chi connectivity index (χ1n) is 3.93. The second-order valence-corrected chi connectivity index (χ2v) is 1.91. The van der Waals surface area contributed by atoms with Crippen LogP contribution in [-0.2, 0) is 0 Å². The smallest absolute Gasteiger partial charge is 0.104 e. The second-order valence-electron chi connectivity index (χ2n) is 1.91. The predicted octanol–water partition coefficient (Wildman–Crippen LogP) is 1.56. The Hall–Kier alpha value is -0.480. The predicted molar refractivity (Wildman–Crippen MR) is 39.0 cm³/mol. The highest BCUT2D eigenvalue weighted by atomic mass is 16.2. The Kier molecular flexibility index (Phi) is 5.55. The van der Waals surface area contributed by atoms with E-state index in [1.165, 1.54) is 12.8 Å². The first-order valence-corrected chi connectivity index (χ1v) is 3.36. The molecular weight excluding hydrogens is 112 g/mol. The summed E-state index contributed by atoms with van der Waals surface area (Å²) >= 11 is 0. The molecule has 1 nitrogen and oxygen atoms in total. The molecule has 52 valence electrons. The summed E-state index contributed by atoms with van der Waals surface area (Å²) in [5.74, 6) is 5.11. The van der Waals surface area contributed by atoms with E-state index in [1.54, 1.807) is 0 Å². The molecule has 0 aromatic carbocycles. The van der Waals surface area contributed by atoms with Crippen LogP contribution >= 0.6 is 0 Å². The number of rotatable bonds is 3. The van der Waals surface area contributed by atoms with E-state index in [2.05, 4.69) is 18.8 Å². The third-order valence-corrected chi connectivity index (χ3v) is 1.07. The molecule has 0 aliphatic heterocycles. The largest absolute Gasteiger partial charge is 0.384 e. The lowest BCUT2D eigenvalue weighted by Crippen LogP contribution is -1.74. The van der Waals surface area contributed by atoms with Crippen LogP contribution in [0.15, 0.2) is 0 Å². The van der Waals surface area contributed by atoms with Crippen molar-refractivity contribution in [3.63, 3.8) is 0 Å². The topological polar surface area (TPSA) is 20.2 Å². The third-order valence-electron chi connectivity index (χ3n) is 1.07. The average molecular weight is 127 g/mol. The minimum absolute atomic E-state index is 0.809. The molecule has 1 atom stereocenters. The van der Waals surface area contributed by atoms with Crippen LogP contribution in [0.1, 0.15) is 34.0 Å². The first kappa shape index (κ1) is 6.64. The fourth-order valence-electron chi connectivity index (χ4n) is 0.581. The Balaban J connectivity index is 3.12. The van der Waals surface area contributed by atoms with Gasteiger partial charge in [-0.05, 0) is 6.42 Å². The Bertz CT molecular complexity index is 121. The quantitative estimate of drug-likeness (QED) is 0.450. The molecule has 0 rings (SSSR count). The second kappa shape index (κ2) is 7.52. The van der Waals surface area contributed by atoms with Crippen molar-refractivity contribution in [2.45, 2.75) is 32.6 Å². The van der Waals surface area contributed by atoms with Gasteiger partial charge >= 0.3 is 0 Å². The van der Waals surface area contributed by atoms with E-state index in [4.69, 9.17) is 6.48 Å². The number of unbranched alkanes of at least 4 members (excludes halogenated alkanes) is 3. The minimum atomic E-state index is -1.21. The average Bonchev–Trinajstić information content (AvgIpc) is 1.87. The number of aliphatic hydroxyl groups is 1. The lowest BCUT2D eigenvalue weighted by molar-refractivity contribution is 0.350. The molecule has 0 bridgehead atoms. The van der Waals surface area contributed by atoms with E-state index in [9.17, 15) is 0 Å². The summed E-state index contributed by atoms with van der Waals surface area (Å²) in [6.45, 7) is 0.925. The molecule has 1 heteroatoms. The van der Waals surface area contributed by atoms with Crippen molar-refractivity contribution in [2.24, 2.45) is 0 Å². The van der Waals surface area contributed by atoms with E-state index in [-0.39, 0.29) is 0 Å². The highest BCUT2D eigenvalue weighted by Crippen LogP contribution is 1.96. The van der Waals surface area contributed by atoms with Crippen LogP contribution in [0.4, 0.5) is 0 Å². The summed E-state index contributed by atoms with van der Waals surface area (Å²) in [7, 11) is 0. The van der Waals surface area contributed by atoms with Gasteiger partial charge in [-0.2, -0.15) is 0 Å². The molecule has 0 aliphatic rings. The molecule has 0 aliphatic carbocycles. The summed E-state index contributed by atoms with van der Waals surface area (Å²) < 4.78 is 6.64. The van der Waals surface area contributed by atoms with Crippen LogP contribution in [0.5, 0.6) is 0 Å². The summed E-state index contributed by atoms with van der Waals surface area (Å²) in [4.78, 5) is 0. The number of hydrogen-bond acceptors (Lipinski definition) is 1. The van der Waals surface area contributed by atoms with Crippen molar-refractivity contribution < 1.29 is 6.48 Å². The molecule has 1 N–H and O–H groups in total. The number of hydrogen-bond donors (Lipinski definition) is 1. The van der Waals surface area contributed by atoms with Crippen molar-refractivity contribution in [3.05, 3.63) is 0 Å². The summed E-state index contributed by atoms with van der Waals surface area (Å²) in [6, 6.07) is 0. The Morgan fingerprint density at radius 3 is 2.78 bits per heavy atom. The molecule has 0 aromatic rings. The van der Waals surface area contributed by atoms with Crippen LogP contribution in [0, 0.1) is 11.8 Å². The van der Waals surface area contributed by atoms with Gasteiger partial charge in [-0.15, -0.1) is 5.92 Å². The lowest BCUT2D eigenvalue weighted by atomic mass is 10.2. The molecule has 0 fully saturated rings. The van der Waals surface area contributed by atoms with E-state index in [1.807, 2.05) is 0 Å². The van der Waals surface area contributed by atoms with Gasteiger partial charge in [-0.1, -0.05) is 25.7 Å². The van der Waals surface area contributed by atoms with Gasteiger partial charge in [0.15, 0.2) is 0 Å². The highest BCUT2D eigenvalue weighted by Gasteiger charge is 1.79. The molecule has 0 radical (unpaired) electrons. The van der Waals surface area contributed by atoms with Gasteiger partial charge in [0.1, 0.15) is 6.58 Å². The maximum atomic E-state index is 8.40. The molecular formula is C8H14O. The van der Waals surface area contributed by atoms with Crippen molar-refractivity contribution in [1.29, 1.82) is 0 Å². The maximum absolute atomic E-state index is 8.40. The first-order chi connectivity index (χ1) is 4.77. The van der Waals surface area contributed by atoms with E-state index < -0.39 is 6.58 Å². The molecule has 0 spiro atoms. The third kappa shape index (κ3) is 7.52. The Morgan fingerprint density at radius 2 is 2.22 bits per heavy atom. The summed E-state index contributed by atoms with van der Waals surface area (Å²) in [5.41, 5.74) is 0. The lowest BCUT2D eigenvalue weighted by Gasteiger charge is -1.87. The molecule has 0 saturated heterocycles. The highest BCUT2D eigenvalue weighted by molar-refractivity contribution is 4.98. The van der Waals surface area contributed by atoms with Crippen molar-refractivity contribution in [3.8, 4) is 11.8 Å². The van der Waals surface area contributed by atoms with E-state index in [0.29, 0.717) is 0 Å². The van der Waals surface area contributed by atoms with Crippen LogP contribution in [0.25, 0.3) is 0 Å². The molecule has 1 unspecified atom stereocenters. The monoisotopic (exact) mass is 127 g/mol. The zero-order chi connectivity index (χ0) is 7.82. The van der Waals surface area contributed by atoms with E-state index in [0.717, 1.165) is 12.8 Å². The normalized spacial score (nSPS) is 13.3. The molecule has 0 amide bonds. The van der Waals surface area contributed by atoms with Crippen molar-refractivity contribution in [2.75, 3.05) is 6.58 Å². The van der Waals surface area contributed by atoms with Gasteiger partial charge in [0.2, 0.25) is 0 Å². The van der Waals surface area contributed by atoms with Gasteiger partial charge in [0.05, 0.1) is 1.37 Å². The summed E-state index contributed by atoms with van der Waals surface area (Å²) in [6.07, 6.45) is 4.26. The van der Waals surface area contributed by atoms with Crippen LogP contribution in [-0.4, -0.2) is 11.7 Å². The van der Waals surface area contributed by atoms with Crippen molar-refractivity contribution >= 4 is 0 Å². The van der Waals surface area contributed by atoms with Gasteiger partial charge < -0.3 is 5.11 Å². The van der Waals surface area contributed by atoms with Crippen LogP contribution in [0.3, 0.4) is 0 Å². The van der Waals surface area contributed by atoms with Crippen molar-refractivity contribution in [1.82, 2.24) is 0 Å². The van der Waals surface area contributed by atoms with Crippen LogP contribution < -0.4 is 0 Å². The van der Waals surface area contributed by atoms with Crippen LogP contribution in [0.2, 0.25) is 0 Å². The van der Waals surface area contributed by atoms with Gasteiger partial charge in [0, 0.05) is 6.42 Å². The molecule has 0 heterocycles. The van der Waals surface area contributed by atoms with Gasteiger partial charge in [-0.3, -0.25) is 0 Å². The SMILES string of the molecule is [2H]C(O)C#CCCCCC. The number of aliphatic hydroxyl groups excluding tert-OH is 1. The molecule has 9 heavy (non-hydrogen) atoms. The Labute approximate surface area is 58.5 Å². The molecule has 0 saturated carbocycles. The molecule has 0 aromatic heterocycles. The zero-order valence-electron chi connectivity index (χ0n) is 6.85. The zero-order valence-corrected chi connectivity index (χ0v) is 5.85. The minimum Gasteiger partial charge on any atom is -0.384 e. The standard InChI is InChI=1S/C8H14O/c1-2-3-4-5-6-7-8-9/h9H,2-5,8H2,1H3/i8D. The van der Waals surface area contributed by atoms with E-state index >= 15 is 0 Å². The summed E-state index contributed by atoms with van der Waals surface area (Å²) in [5, 5.41) is 8.40. The fraction of sp³-hybridized carbons (Fsp3) is 0.750.